The highest BCUT2D eigenvalue weighted by Crippen LogP contribution is 2.25. The normalized spacial score (nSPS) is 11.1. The maximum absolute atomic E-state index is 5.95. The molecule has 0 radical (unpaired) electrons. The molecule has 5 heteroatoms. The zero-order chi connectivity index (χ0) is 19.3. The van der Waals surface area contributed by atoms with Gasteiger partial charge in [-0.25, -0.2) is 0 Å². The molecular weight excluding hydrogens is 352 g/mol. The number of aromatic nitrogens is 1. The third-order valence-corrected chi connectivity index (χ3v) is 4.88. The van der Waals surface area contributed by atoms with Crippen molar-refractivity contribution in [3.8, 4) is 22.8 Å². The van der Waals surface area contributed by atoms with Crippen LogP contribution in [0.4, 0.5) is 0 Å². The zero-order valence-electron chi connectivity index (χ0n) is 16.1. The number of hydrogen-bond acceptors (Lipinski definition) is 4. The van der Waals surface area contributed by atoms with Gasteiger partial charge in [0.2, 0.25) is 0 Å². The SMILES string of the molecule is COc1ccc(-c2ccc(CNCCc3c[nH]c4ccc(OC)cc34)o2)cc1. The molecule has 5 nitrogen and oxygen atoms in total. The number of benzene rings is 2. The molecule has 0 atom stereocenters. The molecule has 0 unspecified atom stereocenters. The number of methoxy groups -OCH3 is 2. The molecule has 0 saturated carbocycles. The third kappa shape index (κ3) is 3.89. The summed E-state index contributed by atoms with van der Waals surface area (Å²) in [6.45, 7) is 1.56. The predicted molar refractivity (Wildman–Crippen MR) is 111 cm³/mol. The fourth-order valence-electron chi connectivity index (χ4n) is 3.31. The van der Waals surface area contributed by atoms with Gasteiger partial charge in [-0.2, -0.15) is 0 Å². The van der Waals surface area contributed by atoms with Crippen molar-refractivity contribution >= 4 is 10.9 Å². The molecule has 0 bridgehead atoms. The van der Waals surface area contributed by atoms with E-state index in [0.717, 1.165) is 47.1 Å². The number of aromatic amines is 1. The molecule has 0 aliphatic heterocycles. The van der Waals surface area contributed by atoms with Gasteiger partial charge < -0.3 is 24.2 Å². The van der Waals surface area contributed by atoms with Crippen LogP contribution in [-0.2, 0) is 13.0 Å². The van der Waals surface area contributed by atoms with Crippen molar-refractivity contribution < 1.29 is 13.9 Å². The minimum atomic E-state index is 0.696. The summed E-state index contributed by atoms with van der Waals surface area (Å²) in [6, 6.07) is 18.0. The minimum absolute atomic E-state index is 0.696. The van der Waals surface area contributed by atoms with E-state index in [0.29, 0.717) is 6.54 Å². The predicted octanol–water partition coefficient (Wildman–Crippen LogP) is 4.78. The summed E-state index contributed by atoms with van der Waals surface area (Å²) in [5.41, 5.74) is 3.45. The maximum Gasteiger partial charge on any atom is 0.134 e. The van der Waals surface area contributed by atoms with E-state index >= 15 is 0 Å². The smallest absolute Gasteiger partial charge is 0.134 e. The van der Waals surface area contributed by atoms with Crippen LogP contribution in [0.2, 0.25) is 0 Å². The Morgan fingerprint density at radius 1 is 0.929 bits per heavy atom. The van der Waals surface area contributed by atoms with Crippen LogP contribution in [0.5, 0.6) is 11.5 Å². The molecule has 0 aliphatic carbocycles. The molecule has 0 amide bonds. The van der Waals surface area contributed by atoms with Gasteiger partial charge in [-0.05, 0) is 73.1 Å². The second-order valence-electron chi connectivity index (χ2n) is 6.65. The first kappa shape index (κ1) is 18.2. The quantitative estimate of drug-likeness (QED) is 0.435. The number of nitrogens with one attached hydrogen (secondary N) is 2. The summed E-state index contributed by atoms with van der Waals surface area (Å²) in [5, 5.41) is 4.67. The number of rotatable bonds is 8. The fraction of sp³-hybridized carbons (Fsp3) is 0.217. The van der Waals surface area contributed by atoms with Crippen LogP contribution in [-0.4, -0.2) is 25.7 Å². The molecule has 0 aliphatic rings. The molecule has 28 heavy (non-hydrogen) atoms. The Hall–Kier alpha value is -3.18. The van der Waals surface area contributed by atoms with Gasteiger partial charge in [-0.3, -0.25) is 0 Å². The van der Waals surface area contributed by atoms with Gasteiger partial charge >= 0.3 is 0 Å². The fourth-order valence-corrected chi connectivity index (χ4v) is 3.31. The molecule has 2 aromatic carbocycles. The van der Waals surface area contributed by atoms with E-state index in [1.807, 2.05) is 42.5 Å². The summed E-state index contributed by atoms with van der Waals surface area (Å²) >= 11 is 0. The van der Waals surface area contributed by atoms with E-state index in [2.05, 4.69) is 28.6 Å². The van der Waals surface area contributed by atoms with Crippen LogP contribution in [0.1, 0.15) is 11.3 Å². The minimum Gasteiger partial charge on any atom is -0.497 e. The monoisotopic (exact) mass is 376 g/mol. The van der Waals surface area contributed by atoms with Crippen molar-refractivity contribution in [1.82, 2.24) is 10.3 Å². The van der Waals surface area contributed by atoms with E-state index in [1.165, 1.54) is 10.9 Å². The van der Waals surface area contributed by atoms with E-state index in [9.17, 15) is 0 Å². The summed E-state index contributed by atoms with van der Waals surface area (Å²) < 4.78 is 16.5. The largest absolute Gasteiger partial charge is 0.497 e. The molecule has 144 valence electrons. The van der Waals surface area contributed by atoms with Crippen molar-refractivity contribution in [2.24, 2.45) is 0 Å². The second-order valence-corrected chi connectivity index (χ2v) is 6.65. The Morgan fingerprint density at radius 2 is 1.71 bits per heavy atom. The molecular formula is C23H24N2O3. The van der Waals surface area contributed by atoms with Crippen LogP contribution >= 0.6 is 0 Å². The molecule has 2 N–H and O–H groups in total. The highest BCUT2D eigenvalue weighted by molar-refractivity contribution is 5.84. The van der Waals surface area contributed by atoms with Gasteiger partial charge in [0.15, 0.2) is 0 Å². The summed E-state index contributed by atoms with van der Waals surface area (Å²) in [7, 11) is 3.36. The topological polar surface area (TPSA) is 59.4 Å². The summed E-state index contributed by atoms with van der Waals surface area (Å²) in [6.07, 6.45) is 3.00. The van der Waals surface area contributed by atoms with Crippen molar-refractivity contribution in [3.63, 3.8) is 0 Å². The lowest BCUT2D eigenvalue weighted by Crippen LogP contribution is -2.16. The van der Waals surface area contributed by atoms with Crippen LogP contribution in [0.15, 0.2) is 65.2 Å². The Morgan fingerprint density at radius 3 is 2.50 bits per heavy atom. The summed E-state index contributed by atoms with van der Waals surface area (Å²) in [5.74, 6) is 3.50. The summed E-state index contributed by atoms with van der Waals surface area (Å²) in [4.78, 5) is 3.32. The number of H-pyrrole nitrogens is 1. The molecule has 0 saturated heterocycles. The van der Waals surface area contributed by atoms with Crippen LogP contribution in [0.25, 0.3) is 22.2 Å². The highest BCUT2D eigenvalue weighted by atomic mass is 16.5. The first-order valence-corrected chi connectivity index (χ1v) is 9.34. The lowest BCUT2D eigenvalue weighted by atomic mass is 10.1. The average Bonchev–Trinajstić information content (AvgIpc) is 3.38. The second kappa shape index (κ2) is 8.23. The third-order valence-electron chi connectivity index (χ3n) is 4.88. The Balaban J connectivity index is 1.33. The van der Waals surface area contributed by atoms with Gasteiger partial charge in [-0.1, -0.05) is 0 Å². The first-order valence-electron chi connectivity index (χ1n) is 9.34. The lowest BCUT2D eigenvalue weighted by molar-refractivity contribution is 0.415. The number of fused-ring (bicyclic) bond motifs is 1. The van der Waals surface area contributed by atoms with Crippen molar-refractivity contribution in [1.29, 1.82) is 0 Å². The molecule has 4 rings (SSSR count). The average molecular weight is 376 g/mol. The van der Waals surface area contributed by atoms with Crippen LogP contribution in [0.3, 0.4) is 0 Å². The molecule has 0 fully saturated rings. The van der Waals surface area contributed by atoms with E-state index in [4.69, 9.17) is 13.9 Å². The zero-order valence-corrected chi connectivity index (χ0v) is 16.1. The number of hydrogen-bond donors (Lipinski definition) is 2. The maximum atomic E-state index is 5.95. The Labute approximate surface area is 164 Å². The Kier molecular flexibility index (Phi) is 5.35. The number of furan rings is 1. The highest BCUT2D eigenvalue weighted by Gasteiger charge is 2.07. The molecule has 4 aromatic rings. The van der Waals surface area contributed by atoms with E-state index in [1.54, 1.807) is 14.2 Å². The first-order chi connectivity index (χ1) is 13.8. The van der Waals surface area contributed by atoms with Gasteiger partial charge in [-0.15, -0.1) is 0 Å². The van der Waals surface area contributed by atoms with Gasteiger partial charge in [0.1, 0.15) is 23.0 Å². The molecule has 2 heterocycles. The van der Waals surface area contributed by atoms with Crippen LogP contribution in [0, 0.1) is 0 Å². The van der Waals surface area contributed by atoms with E-state index < -0.39 is 0 Å². The Bertz CT molecular complexity index is 1050. The van der Waals surface area contributed by atoms with E-state index in [-0.39, 0.29) is 0 Å². The molecule has 0 spiro atoms. The van der Waals surface area contributed by atoms with Gasteiger partial charge in [0, 0.05) is 22.7 Å². The lowest BCUT2D eigenvalue weighted by Gasteiger charge is -2.04. The van der Waals surface area contributed by atoms with Crippen LogP contribution < -0.4 is 14.8 Å². The standard InChI is InChI=1S/C23H24N2O3/c1-26-18-5-3-16(4-6-18)23-10-8-20(28-23)15-24-12-11-17-14-25-22-9-7-19(27-2)13-21(17)22/h3-10,13-14,24-25H,11-12,15H2,1-2H3. The van der Waals surface area contributed by atoms with Crippen molar-refractivity contribution in [2.75, 3.05) is 20.8 Å². The van der Waals surface area contributed by atoms with Gasteiger partial charge in [0.05, 0.1) is 20.8 Å². The number of ether oxygens (including phenoxy) is 2. The van der Waals surface area contributed by atoms with Gasteiger partial charge in [0.25, 0.3) is 0 Å². The molecule has 2 aromatic heterocycles. The van der Waals surface area contributed by atoms with Crippen molar-refractivity contribution in [3.05, 3.63) is 72.1 Å². The van der Waals surface area contributed by atoms with Crippen molar-refractivity contribution in [2.45, 2.75) is 13.0 Å².